The van der Waals surface area contributed by atoms with Gasteiger partial charge in [0.2, 0.25) is 0 Å². The van der Waals surface area contributed by atoms with Crippen LogP contribution in [0.3, 0.4) is 0 Å². The zero-order chi connectivity index (χ0) is 15.2. The van der Waals surface area contributed by atoms with Crippen LogP contribution < -0.4 is 0 Å². The van der Waals surface area contributed by atoms with Gasteiger partial charge in [0.25, 0.3) is 0 Å². The van der Waals surface area contributed by atoms with Crippen LogP contribution in [0.2, 0.25) is 0 Å². The number of aromatic nitrogens is 2. The van der Waals surface area contributed by atoms with Crippen LogP contribution in [-0.2, 0) is 11.3 Å². The van der Waals surface area contributed by atoms with Gasteiger partial charge in [-0.25, -0.2) is 9.37 Å². The van der Waals surface area contributed by atoms with Crippen molar-refractivity contribution in [2.45, 2.75) is 45.0 Å². The number of rotatable bonds is 8. The minimum atomic E-state index is -0.253. The largest absolute Gasteiger partial charge is 0.381 e. The second kappa shape index (κ2) is 7.76. The van der Waals surface area contributed by atoms with E-state index in [4.69, 9.17) is 16.3 Å². The van der Waals surface area contributed by atoms with Gasteiger partial charge in [-0.1, -0.05) is 13.3 Å². The molecule has 1 heterocycles. The van der Waals surface area contributed by atoms with Crippen LogP contribution in [0, 0.1) is 5.82 Å². The lowest BCUT2D eigenvalue weighted by Gasteiger charge is -2.10. The molecule has 0 aliphatic carbocycles. The second-order valence-corrected chi connectivity index (χ2v) is 5.84. The van der Waals surface area contributed by atoms with Gasteiger partial charge in [0.15, 0.2) is 0 Å². The lowest BCUT2D eigenvalue weighted by Crippen LogP contribution is -2.07. The Labute approximate surface area is 130 Å². The Balaban J connectivity index is 2.09. The van der Waals surface area contributed by atoms with Crippen molar-refractivity contribution in [2.24, 2.45) is 0 Å². The molecule has 3 nitrogen and oxygen atoms in total. The molecule has 0 N–H and O–H groups in total. The quantitative estimate of drug-likeness (QED) is 0.522. The third-order valence-corrected chi connectivity index (χ3v) is 3.60. The van der Waals surface area contributed by atoms with Crippen molar-refractivity contribution in [1.82, 2.24) is 9.55 Å². The van der Waals surface area contributed by atoms with Crippen molar-refractivity contribution in [2.75, 3.05) is 13.2 Å². The molecule has 0 radical (unpaired) electrons. The van der Waals surface area contributed by atoms with Crippen LogP contribution in [0.25, 0.3) is 11.0 Å². The number of benzene rings is 1. The van der Waals surface area contributed by atoms with Crippen molar-refractivity contribution in [3.63, 3.8) is 0 Å². The average Bonchev–Trinajstić information content (AvgIpc) is 2.81. The summed E-state index contributed by atoms with van der Waals surface area (Å²) in [6, 6.07) is 4.64. The van der Waals surface area contributed by atoms with E-state index >= 15 is 0 Å². The van der Waals surface area contributed by atoms with Crippen molar-refractivity contribution >= 4 is 22.6 Å². The number of aryl methyl sites for hydroxylation is 1. The highest BCUT2D eigenvalue weighted by molar-refractivity contribution is 6.20. The van der Waals surface area contributed by atoms with Crippen molar-refractivity contribution < 1.29 is 9.13 Å². The Morgan fingerprint density at radius 2 is 2.10 bits per heavy atom. The summed E-state index contributed by atoms with van der Waals surface area (Å²) in [5, 5.41) is -0.207. The first-order valence-corrected chi connectivity index (χ1v) is 7.94. The first kappa shape index (κ1) is 16.2. The molecule has 5 heteroatoms. The fourth-order valence-electron chi connectivity index (χ4n) is 2.33. The summed E-state index contributed by atoms with van der Waals surface area (Å²) in [6.45, 7) is 6.26. The number of fused-ring (bicyclic) bond motifs is 1. The summed E-state index contributed by atoms with van der Waals surface area (Å²) in [4.78, 5) is 4.51. The maximum absolute atomic E-state index is 13.5. The number of alkyl halides is 1. The Morgan fingerprint density at radius 3 is 2.81 bits per heavy atom. The van der Waals surface area contributed by atoms with Gasteiger partial charge in [0.1, 0.15) is 11.6 Å². The molecular formula is C16H22ClFN2O. The molecule has 2 rings (SSSR count). The van der Waals surface area contributed by atoms with Gasteiger partial charge in [-0.3, -0.25) is 0 Å². The molecule has 0 spiro atoms. The van der Waals surface area contributed by atoms with E-state index in [1.165, 1.54) is 12.1 Å². The maximum atomic E-state index is 13.5. The summed E-state index contributed by atoms with van der Waals surface area (Å²) < 4.78 is 21.0. The third-order valence-electron chi connectivity index (χ3n) is 3.41. The summed E-state index contributed by atoms with van der Waals surface area (Å²) in [5.41, 5.74) is 1.58. The molecule has 0 bridgehead atoms. The van der Waals surface area contributed by atoms with Gasteiger partial charge in [-0.15, -0.1) is 11.6 Å². The molecule has 21 heavy (non-hydrogen) atoms. The van der Waals surface area contributed by atoms with Crippen LogP contribution in [0.1, 0.15) is 44.3 Å². The van der Waals surface area contributed by atoms with Gasteiger partial charge in [0.05, 0.1) is 16.4 Å². The summed E-state index contributed by atoms with van der Waals surface area (Å²) >= 11 is 6.19. The smallest absolute Gasteiger partial charge is 0.127 e. The SMILES string of the molecule is CCCCOCCCn1c(C(C)Cl)nc2ccc(F)cc21. The number of hydrogen-bond donors (Lipinski definition) is 0. The third kappa shape index (κ3) is 4.17. The normalized spacial score (nSPS) is 13.0. The van der Waals surface area contributed by atoms with E-state index in [0.717, 1.165) is 49.3 Å². The van der Waals surface area contributed by atoms with Crippen molar-refractivity contribution in [3.8, 4) is 0 Å². The van der Waals surface area contributed by atoms with E-state index < -0.39 is 0 Å². The summed E-state index contributed by atoms with van der Waals surface area (Å²) in [7, 11) is 0. The zero-order valence-corrected chi connectivity index (χ0v) is 13.4. The van der Waals surface area contributed by atoms with Crippen LogP contribution in [-0.4, -0.2) is 22.8 Å². The minimum Gasteiger partial charge on any atom is -0.381 e. The van der Waals surface area contributed by atoms with E-state index in [1.807, 2.05) is 11.5 Å². The number of imidazole rings is 1. The molecule has 1 aromatic heterocycles. The lowest BCUT2D eigenvalue weighted by atomic mass is 10.3. The molecular weight excluding hydrogens is 291 g/mol. The zero-order valence-electron chi connectivity index (χ0n) is 12.6. The predicted octanol–water partition coefficient (Wildman–Crippen LogP) is 4.68. The van der Waals surface area contributed by atoms with Crippen LogP contribution in [0.15, 0.2) is 18.2 Å². The first-order chi connectivity index (χ1) is 10.1. The van der Waals surface area contributed by atoms with Gasteiger partial charge < -0.3 is 9.30 Å². The lowest BCUT2D eigenvalue weighted by molar-refractivity contribution is 0.126. The molecule has 2 aromatic rings. The van der Waals surface area contributed by atoms with Gasteiger partial charge in [0, 0.05) is 19.8 Å². The Hall–Kier alpha value is -1.13. The van der Waals surface area contributed by atoms with Crippen molar-refractivity contribution in [3.05, 3.63) is 29.8 Å². The van der Waals surface area contributed by atoms with E-state index in [2.05, 4.69) is 11.9 Å². The molecule has 1 aromatic carbocycles. The maximum Gasteiger partial charge on any atom is 0.127 e. The molecule has 116 valence electrons. The Morgan fingerprint density at radius 1 is 1.33 bits per heavy atom. The number of ether oxygens (including phenoxy) is 1. The summed E-state index contributed by atoms with van der Waals surface area (Å²) in [5.74, 6) is 0.530. The van der Waals surface area contributed by atoms with E-state index in [0.29, 0.717) is 6.61 Å². The molecule has 0 amide bonds. The number of halogens is 2. The topological polar surface area (TPSA) is 27.1 Å². The second-order valence-electron chi connectivity index (χ2n) is 5.19. The van der Waals surface area contributed by atoms with Gasteiger partial charge >= 0.3 is 0 Å². The highest BCUT2D eigenvalue weighted by Gasteiger charge is 2.15. The van der Waals surface area contributed by atoms with E-state index in [1.54, 1.807) is 6.07 Å². The van der Waals surface area contributed by atoms with Gasteiger partial charge in [-0.2, -0.15) is 0 Å². The Kier molecular flexibility index (Phi) is 6.00. The Bertz CT molecular complexity index is 583. The first-order valence-electron chi connectivity index (χ1n) is 7.51. The number of unbranched alkanes of at least 4 members (excludes halogenated alkanes) is 1. The number of nitrogens with zero attached hydrogens (tertiary/aromatic N) is 2. The van der Waals surface area contributed by atoms with E-state index in [9.17, 15) is 4.39 Å². The fraction of sp³-hybridized carbons (Fsp3) is 0.562. The predicted molar refractivity (Wildman–Crippen MR) is 84.3 cm³/mol. The molecule has 1 atom stereocenters. The van der Waals surface area contributed by atoms with E-state index in [-0.39, 0.29) is 11.2 Å². The molecule has 0 fully saturated rings. The molecule has 0 saturated heterocycles. The molecule has 1 unspecified atom stereocenters. The van der Waals surface area contributed by atoms with Crippen LogP contribution in [0.4, 0.5) is 4.39 Å². The molecule has 0 saturated carbocycles. The summed E-state index contributed by atoms with van der Waals surface area (Å²) in [6.07, 6.45) is 3.09. The highest BCUT2D eigenvalue weighted by Crippen LogP contribution is 2.25. The molecule has 0 aliphatic heterocycles. The van der Waals surface area contributed by atoms with Crippen LogP contribution >= 0.6 is 11.6 Å². The standard InChI is InChI=1S/C16H22ClFN2O/c1-3-4-9-21-10-5-8-20-15-11-13(18)6-7-14(15)19-16(20)12(2)17/h6-7,11-12H,3-5,8-10H2,1-2H3. The van der Waals surface area contributed by atoms with Gasteiger partial charge in [-0.05, 0) is 38.0 Å². The average molecular weight is 313 g/mol. The highest BCUT2D eigenvalue weighted by atomic mass is 35.5. The van der Waals surface area contributed by atoms with Crippen molar-refractivity contribution in [1.29, 1.82) is 0 Å². The fourth-order valence-corrected chi connectivity index (χ4v) is 2.49. The molecule has 0 aliphatic rings. The van der Waals surface area contributed by atoms with Crippen LogP contribution in [0.5, 0.6) is 0 Å². The monoisotopic (exact) mass is 312 g/mol. The minimum absolute atomic E-state index is 0.207. The number of hydrogen-bond acceptors (Lipinski definition) is 2.